The fourth-order valence-corrected chi connectivity index (χ4v) is 2.96. The first-order chi connectivity index (χ1) is 12.9. The normalized spacial score (nSPS) is 10.5. The number of hydrogen-bond acceptors (Lipinski definition) is 5. The Labute approximate surface area is 164 Å². The van der Waals surface area contributed by atoms with Crippen molar-refractivity contribution in [2.45, 2.75) is 6.42 Å². The van der Waals surface area contributed by atoms with Crippen molar-refractivity contribution in [3.8, 4) is 23.3 Å². The molecule has 0 aliphatic heterocycles. The summed E-state index contributed by atoms with van der Waals surface area (Å²) in [4.78, 5) is 11.6. The van der Waals surface area contributed by atoms with E-state index >= 15 is 0 Å². The minimum Gasteiger partial charge on any atom is -0.492 e. The Bertz CT molecular complexity index is 1100. The summed E-state index contributed by atoms with van der Waals surface area (Å²) in [5.41, 5.74) is 0.772. The molecular formula is C18H14Cl2N4O3. The average Bonchev–Trinajstić information content (AvgIpc) is 2.96. The van der Waals surface area contributed by atoms with Gasteiger partial charge >= 0.3 is 5.69 Å². The van der Waals surface area contributed by atoms with Crippen molar-refractivity contribution in [1.29, 1.82) is 5.26 Å². The Kier molecular flexibility index (Phi) is 5.40. The Morgan fingerprint density at radius 3 is 2.67 bits per heavy atom. The second-order valence-electron chi connectivity index (χ2n) is 5.64. The van der Waals surface area contributed by atoms with Crippen LogP contribution in [0, 0.1) is 11.3 Å². The topological polar surface area (TPSA) is 92.9 Å². The number of nitrogens with zero attached hydrogens (tertiary/aromatic N) is 3. The quantitative estimate of drug-likeness (QED) is 0.699. The number of ether oxygens (including phenoxy) is 2. The van der Waals surface area contributed by atoms with Crippen LogP contribution in [-0.4, -0.2) is 21.9 Å². The summed E-state index contributed by atoms with van der Waals surface area (Å²) in [6.45, 7) is 0. The van der Waals surface area contributed by atoms with E-state index in [9.17, 15) is 4.79 Å². The first-order valence-electron chi connectivity index (χ1n) is 7.77. The van der Waals surface area contributed by atoms with Gasteiger partial charge in [-0.15, -0.1) is 0 Å². The van der Waals surface area contributed by atoms with E-state index in [0.29, 0.717) is 39.4 Å². The van der Waals surface area contributed by atoms with Gasteiger partial charge in [0.05, 0.1) is 23.8 Å². The second kappa shape index (κ2) is 7.74. The summed E-state index contributed by atoms with van der Waals surface area (Å²) in [6.07, 6.45) is 0.324. The SMILES string of the molecule is COc1c(Cc2n[nH]c(=O)n2C)ccc(Cl)c1Oc1cc(Cl)cc(C#N)c1. The number of hydrogen-bond donors (Lipinski definition) is 1. The summed E-state index contributed by atoms with van der Waals surface area (Å²) < 4.78 is 12.8. The molecule has 0 unspecified atom stereocenters. The van der Waals surface area contributed by atoms with Crippen LogP contribution in [0.5, 0.6) is 17.2 Å². The molecule has 3 rings (SSSR count). The summed E-state index contributed by atoms with van der Waals surface area (Å²) >= 11 is 12.3. The van der Waals surface area contributed by atoms with E-state index in [0.717, 1.165) is 5.56 Å². The number of aromatic amines is 1. The summed E-state index contributed by atoms with van der Waals surface area (Å²) in [5.74, 6) is 1.56. The number of H-pyrrole nitrogens is 1. The molecular weight excluding hydrogens is 391 g/mol. The van der Waals surface area contributed by atoms with Crippen LogP contribution < -0.4 is 15.2 Å². The minimum atomic E-state index is -0.308. The Balaban J connectivity index is 2.03. The van der Waals surface area contributed by atoms with E-state index in [-0.39, 0.29) is 11.4 Å². The van der Waals surface area contributed by atoms with E-state index in [2.05, 4.69) is 10.2 Å². The molecule has 1 aromatic heterocycles. The molecule has 0 saturated heterocycles. The van der Waals surface area contributed by atoms with Gasteiger partial charge in [0.2, 0.25) is 0 Å². The molecule has 1 N–H and O–H groups in total. The summed E-state index contributed by atoms with van der Waals surface area (Å²) in [6, 6.07) is 10.1. The lowest BCUT2D eigenvalue weighted by atomic mass is 10.1. The fourth-order valence-electron chi connectivity index (χ4n) is 2.55. The molecule has 0 aliphatic carbocycles. The zero-order valence-corrected chi connectivity index (χ0v) is 15.9. The monoisotopic (exact) mass is 404 g/mol. The molecule has 138 valence electrons. The van der Waals surface area contributed by atoms with Gasteiger partial charge in [0.1, 0.15) is 11.6 Å². The molecule has 1 heterocycles. The van der Waals surface area contributed by atoms with Crippen LogP contribution in [0.3, 0.4) is 0 Å². The molecule has 27 heavy (non-hydrogen) atoms. The molecule has 0 bridgehead atoms. The van der Waals surface area contributed by atoms with Crippen LogP contribution in [0.1, 0.15) is 17.0 Å². The van der Waals surface area contributed by atoms with Crippen molar-refractivity contribution < 1.29 is 9.47 Å². The Hall–Kier alpha value is -2.95. The maximum Gasteiger partial charge on any atom is 0.343 e. The van der Waals surface area contributed by atoms with E-state index in [1.165, 1.54) is 17.7 Å². The van der Waals surface area contributed by atoms with Gasteiger partial charge in [-0.25, -0.2) is 9.89 Å². The minimum absolute atomic E-state index is 0.281. The molecule has 0 saturated carbocycles. The van der Waals surface area contributed by atoms with Gasteiger partial charge in [0, 0.05) is 24.1 Å². The highest BCUT2D eigenvalue weighted by Gasteiger charge is 2.18. The highest BCUT2D eigenvalue weighted by molar-refractivity contribution is 6.32. The van der Waals surface area contributed by atoms with Crippen LogP contribution in [0.15, 0.2) is 35.1 Å². The molecule has 3 aromatic rings. The molecule has 2 aromatic carbocycles. The van der Waals surface area contributed by atoms with Crippen LogP contribution in [-0.2, 0) is 13.5 Å². The van der Waals surface area contributed by atoms with Gasteiger partial charge in [-0.2, -0.15) is 10.4 Å². The zero-order chi connectivity index (χ0) is 19.6. The van der Waals surface area contributed by atoms with Gasteiger partial charge in [0.25, 0.3) is 0 Å². The number of halogens is 2. The van der Waals surface area contributed by atoms with E-state index in [1.54, 1.807) is 31.3 Å². The van der Waals surface area contributed by atoms with Crippen molar-refractivity contribution in [2.24, 2.45) is 7.05 Å². The van der Waals surface area contributed by atoms with E-state index in [4.69, 9.17) is 37.9 Å². The fraction of sp³-hybridized carbons (Fsp3) is 0.167. The third kappa shape index (κ3) is 3.92. The third-order valence-electron chi connectivity index (χ3n) is 3.89. The molecule has 0 fully saturated rings. The lowest BCUT2D eigenvalue weighted by molar-refractivity contribution is 0.375. The standard InChI is InChI=1S/C18H14Cl2N4O3/c1-24-15(22-23-18(24)25)7-11-3-4-14(20)17(16(11)26-2)27-13-6-10(9-21)5-12(19)8-13/h3-6,8H,7H2,1-2H3,(H,23,25). The van der Waals surface area contributed by atoms with Crippen LogP contribution in [0.25, 0.3) is 0 Å². The molecule has 7 nitrogen and oxygen atoms in total. The molecule has 0 atom stereocenters. The van der Waals surface area contributed by atoms with E-state index in [1.807, 2.05) is 6.07 Å². The lowest BCUT2D eigenvalue weighted by Gasteiger charge is -2.16. The van der Waals surface area contributed by atoms with Crippen molar-refractivity contribution in [2.75, 3.05) is 7.11 Å². The summed E-state index contributed by atoms with van der Waals surface area (Å²) in [5, 5.41) is 16.2. The zero-order valence-electron chi connectivity index (χ0n) is 14.4. The molecule has 0 spiro atoms. The van der Waals surface area contributed by atoms with Crippen LogP contribution in [0.2, 0.25) is 10.0 Å². The predicted molar refractivity (Wildman–Crippen MR) is 101 cm³/mol. The van der Waals surface area contributed by atoms with Gasteiger partial charge in [0.15, 0.2) is 11.5 Å². The summed E-state index contributed by atoms with van der Waals surface area (Å²) in [7, 11) is 3.11. The number of benzene rings is 2. The smallest absolute Gasteiger partial charge is 0.343 e. The Morgan fingerprint density at radius 2 is 2.04 bits per heavy atom. The molecule has 0 aliphatic rings. The third-order valence-corrected chi connectivity index (χ3v) is 4.41. The van der Waals surface area contributed by atoms with Gasteiger partial charge < -0.3 is 9.47 Å². The van der Waals surface area contributed by atoms with Crippen molar-refractivity contribution in [3.63, 3.8) is 0 Å². The molecule has 0 amide bonds. The average molecular weight is 405 g/mol. The first kappa shape index (κ1) is 18.8. The number of nitriles is 1. The van der Waals surface area contributed by atoms with Gasteiger partial charge in [-0.1, -0.05) is 29.3 Å². The highest BCUT2D eigenvalue weighted by atomic mass is 35.5. The van der Waals surface area contributed by atoms with Gasteiger partial charge in [-0.3, -0.25) is 4.57 Å². The highest BCUT2D eigenvalue weighted by Crippen LogP contribution is 2.41. The van der Waals surface area contributed by atoms with Crippen LogP contribution in [0.4, 0.5) is 0 Å². The molecule has 0 radical (unpaired) electrons. The number of methoxy groups -OCH3 is 1. The second-order valence-corrected chi connectivity index (χ2v) is 6.48. The number of nitrogens with one attached hydrogen (secondary N) is 1. The predicted octanol–water partition coefficient (Wildman–Crippen LogP) is 3.68. The maximum absolute atomic E-state index is 11.6. The number of aromatic nitrogens is 3. The maximum atomic E-state index is 11.6. The lowest BCUT2D eigenvalue weighted by Crippen LogP contribution is -2.14. The largest absolute Gasteiger partial charge is 0.492 e. The van der Waals surface area contributed by atoms with E-state index < -0.39 is 0 Å². The van der Waals surface area contributed by atoms with Crippen LogP contribution >= 0.6 is 23.2 Å². The number of rotatable bonds is 5. The Morgan fingerprint density at radius 1 is 1.26 bits per heavy atom. The van der Waals surface area contributed by atoms with Crippen molar-refractivity contribution in [3.05, 3.63) is 67.8 Å². The van der Waals surface area contributed by atoms with Crippen molar-refractivity contribution in [1.82, 2.24) is 14.8 Å². The first-order valence-corrected chi connectivity index (χ1v) is 8.52. The van der Waals surface area contributed by atoms with Gasteiger partial charge in [-0.05, 0) is 24.3 Å². The molecule has 9 heteroatoms. The van der Waals surface area contributed by atoms with Crippen molar-refractivity contribution >= 4 is 23.2 Å².